The third-order valence-corrected chi connectivity index (χ3v) is 4.64. The smallest absolute Gasteiger partial charge is 0.311 e. The number of ether oxygens (including phenoxy) is 1. The van der Waals surface area contributed by atoms with Gasteiger partial charge in [-0.25, -0.2) is 0 Å². The average molecular weight is 269 g/mol. The van der Waals surface area contributed by atoms with Gasteiger partial charge >= 0.3 is 5.97 Å². The first-order valence-electron chi connectivity index (χ1n) is 7.10. The Morgan fingerprint density at radius 1 is 1.42 bits per heavy atom. The fourth-order valence-corrected chi connectivity index (χ4v) is 3.51. The molecule has 1 aliphatic heterocycles. The van der Waals surface area contributed by atoms with E-state index in [1.54, 1.807) is 12.0 Å². The van der Waals surface area contributed by atoms with Gasteiger partial charge in [-0.05, 0) is 31.6 Å². The number of carboxylic acid groups (broad SMARTS) is 1. The Morgan fingerprint density at radius 3 is 2.84 bits per heavy atom. The predicted molar refractivity (Wildman–Crippen MR) is 69.7 cm³/mol. The summed E-state index contributed by atoms with van der Waals surface area (Å²) in [5, 5.41) is 9.47. The van der Waals surface area contributed by atoms with Crippen LogP contribution in [0.2, 0.25) is 0 Å². The summed E-state index contributed by atoms with van der Waals surface area (Å²) < 4.78 is 4.95. The molecule has 5 nitrogen and oxygen atoms in total. The van der Waals surface area contributed by atoms with Crippen molar-refractivity contribution in [2.45, 2.75) is 38.5 Å². The van der Waals surface area contributed by atoms with Gasteiger partial charge in [-0.1, -0.05) is 6.42 Å². The molecule has 1 heterocycles. The molecular weight excluding hydrogens is 246 g/mol. The van der Waals surface area contributed by atoms with E-state index in [0.29, 0.717) is 26.1 Å². The summed E-state index contributed by atoms with van der Waals surface area (Å²) in [7, 11) is 1.65. The first kappa shape index (κ1) is 14.3. The highest BCUT2D eigenvalue weighted by atomic mass is 16.5. The van der Waals surface area contributed by atoms with E-state index in [0.717, 1.165) is 32.1 Å². The second kappa shape index (κ2) is 5.90. The Morgan fingerprint density at radius 2 is 2.21 bits per heavy atom. The zero-order valence-corrected chi connectivity index (χ0v) is 11.6. The van der Waals surface area contributed by atoms with Gasteiger partial charge < -0.3 is 14.7 Å². The summed E-state index contributed by atoms with van der Waals surface area (Å²) in [5.41, 5.74) is -0.651. The van der Waals surface area contributed by atoms with Crippen molar-refractivity contribution in [1.29, 1.82) is 0 Å². The molecular formula is C14H23NO4. The second-order valence-electron chi connectivity index (χ2n) is 5.77. The molecule has 0 unspecified atom stereocenters. The van der Waals surface area contributed by atoms with Gasteiger partial charge in [-0.3, -0.25) is 9.59 Å². The zero-order valence-electron chi connectivity index (χ0n) is 11.6. The van der Waals surface area contributed by atoms with Gasteiger partial charge in [-0.2, -0.15) is 0 Å². The molecule has 108 valence electrons. The van der Waals surface area contributed by atoms with Crippen molar-refractivity contribution in [2.24, 2.45) is 11.3 Å². The van der Waals surface area contributed by atoms with Gasteiger partial charge in [0, 0.05) is 33.2 Å². The molecule has 19 heavy (non-hydrogen) atoms. The Kier molecular flexibility index (Phi) is 4.45. The van der Waals surface area contributed by atoms with Crippen molar-refractivity contribution >= 4 is 11.9 Å². The summed E-state index contributed by atoms with van der Waals surface area (Å²) in [6, 6.07) is 0. The van der Waals surface area contributed by atoms with E-state index in [-0.39, 0.29) is 11.8 Å². The number of aliphatic carboxylic acids is 1. The normalized spacial score (nSPS) is 29.5. The second-order valence-corrected chi connectivity index (χ2v) is 5.77. The van der Waals surface area contributed by atoms with Crippen LogP contribution in [0.3, 0.4) is 0 Å². The number of unbranched alkanes of at least 4 members (excludes halogenated alkanes) is 1. The summed E-state index contributed by atoms with van der Waals surface area (Å²) in [5.74, 6) is -0.455. The van der Waals surface area contributed by atoms with Crippen LogP contribution in [0.1, 0.15) is 38.5 Å². The van der Waals surface area contributed by atoms with Gasteiger partial charge in [0.2, 0.25) is 5.91 Å². The Labute approximate surface area is 113 Å². The minimum Gasteiger partial charge on any atom is -0.481 e. The summed E-state index contributed by atoms with van der Waals surface area (Å²) >= 11 is 0. The lowest BCUT2D eigenvalue weighted by atomic mass is 9.81. The highest BCUT2D eigenvalue weighted by Crippen LogP contribution is 2.48. The van der Waals surface area contributed by atoms with Gasteiger partial charge in [0.25, 0.3) is 0 Å². The number of amides is 1. The van der Waals surface area contributed by atoms with E-state index >= 15 is 0 Å². The fraction of sp³-hybridized carbons (Fsp3) is 0.857. The molecule has 1 saturated carbocycles. The number of hydrogen-bond donors (Lipinski definition) is 1. The lowest BCUT2D eigenvalue weighted by Gasteiger charge is -2.23. The lowest BCUT2D eigenvalue weighted by Crippen LogP contribution is -2.37. The van der Waals surface area contributed by atoms with Crippen molar-refractivity contribution < 1.29 is 19.4 Å². The maximum Gasteiger partial charge on any atom is 0.311 e. The Hall–Kier alpha value is -1.10. The number of likely N-dealkylation sites (tertiary alicyclic amines) is 1. The molecule has 0 aromatic carbocycles. The molecule has 0 aromatic rings. The van der Waals surface area contributed by atoms with Crippen LogP contribution in [0.4, 0.5) is 0 Å². The Bertz CT molecular complexity index is 357. The molecule has 0 aromatic heterocycles. The maximum absolute atomic E-state index is 12.1. The number of nitrogens with zero attached hydrogens (tertiary/aromatic N) is 1. The molecule has 2 atom stereocenters. The SMILES string of the molecule is COCCCCC(=O)N1C[C@@H]2CCC[C@@]2(C(=O)O)C1. The third kappa shape index (κ3) is 2.76. The molecule has 1 amide bonds. The molecule has 1 saturated heterocycles. The van der Waals surface area contributed by atoms with Crippen molar-refractivity contribution in [3.8, 4) is 0 Å². The Balaban J connectivity index is 1.87. The van der Waals surface area contributed by atoms with Crippen LogP contribution in [-0.4, -0.2) is 48.7 Å². The topological polar surface area (TPSA) is 66.8 Å². The van der Waals surface area contributed by atoms with E-state index in [1.165, 1.54) is 0 Å². The van der Waals surface area contributed by atoms with E-state index in [1.807, 2.05) is 0 Å². The minimum absolute atomic E-state index is 0.103. The number of carboxylic acids is 1. The van der Waals surface area contributed by atoms with Crippen LogP contribution < -0.4 is 0 Å². The number of rotatable bonds is 6. The van der Waals surface area contributed by atoms with Crippen LogP contribution >= 0.6 is 0 Å². The van der Waals surface area contributed by atoms with Crippen LogP contribution in [0.25, 0.3) is 0 Å². The largest absolute Gasteiger partial charge is 0.481 e. The van der Waals surface area contributed by atoms with Crippen molar-refractivity contribution in [3.05, 3.63) is 0 Å². The molecule has 2 aliphatic rings. The van der Waals surface area contributed by atoms with E-state index in [4.69, 9.17) is 4.74 Å². The molecule has 0 spiro atoms. The van der Waals surface area contributed by atoms with Gasteiger partial charge in [0.15, 0.2) is 0 Å². The molecule has 5 heteroatoms. The fourth-order valence-electron chi connectivity index (χ4n) is 3.51. The molecule has 2 rings (SSSR count). The predicted octanol–water partition coefficient (Wildman–Crippen LogP) is 1.52. The number of fused-ring (bicyclic) bond motifs is 1. The molecule has 1 N–H and O–H groups in total. The summed E-state index contributed by atoms with van der Waals surface area (Å²) in [4.78, 5) is 25.4. The number of hydrogen-bond acceptors (Lipinski definition) is 3. The van der Waals surface area contributed by atoms with Gasteiger partial charge in [0.1, 0.15) is 0 Å². The van der Waals surface area contributed by atoms with E-state index in [2.05, 4.69) is 0 Å². The van der Waals surface area contributed by atoms with Gasteiger partial charge in [-0.15, -0.1) is 0 Å². The molecule has 1 aliphatic carbocycles. The number of carbonyl (C=O) groups excluding carboxylic acids is 1. The minimum atomic E-state index is -0.718. The first-order valence-corrected chi connectivity index (χ1v) is 7.10. The van der Waals surface area contributed by atoms with Crippen LogP contribution in [0, 0.1) is 11.3 Å². The molecule has 0 radical (unpaired) electrons. The van der Waals surface area contributed by atoms with Crippen molar-refractivity contribution in [1.82, 2.24) is 4.90 Å². The van der Waals surface area contributed by atoms with Gasteiger partial charge in [0.05, 0.1) is 5.41 Å². The van der Waals surface area contributed by atoms with E-state index < -0.39 is 11.4 Å². The first-order chi connectivity index (χ1) is 9.10. The third-order valence-electron chi connectivity index (χ3n) is 4.64. The molecule has 2 fully saturated rings. The zero-order chi connectivity index (χ0) is 13.9. The quantitative estimate of drug-likeness (QED) is 0.742. The van der Waals surface area contributed by atoms with Crippen LogP contribution in [-0.2, 0) is 14.3 Å². The highest BCUT2D eigenvalue weighted by molar-refractivity contribution is 5.81. The lowest BCUT2D eigenvalue weighted by molar-refractivity contribution is -0.149. The summed E-state index contributed by atoms with van der Waals surface area (Å²) in [6.45, 7) is 1.72. The van der Waals surface area contributed by atoms with Crippen molar-refractivity contribution in [3.63, 3.8) is 0 Å². The standard InChI is InChI=1S/C14H23NO4/c1-19-8-3-2-6-12(16)15-9-11-5-4-7-14(11,10-15)13(17)18/h11H,2-10H2,1H3,(H,17,18)/t11-,14+/m0/s1. The highest BCUT2D eigenvalue weighted by Gasteiger charge is 2.55. The number of carbonyl (C=O) groups is 2. The molecule has 0 bridgehead atoms. The summed E-state index contributed by atoms with van der Waals surface area (Å²) in [6.07, 6.45) is 4.84. The van der Waals surface area contributed by atoms with Crippen LogP contribution in [0.15, 0.2) is 0 Å². The van der Waals surface area contributed by atoms with Crippen LogP contribution in [0.5, 0.6) is 0 Å². The monoisotopic (exact) mass is 269 g/mol. The average Bonchev–Trinajstić information content (AvgIpc) is 2.91. The van der Waals surface area contributed by atoms with E-state index in [9.17, 15) is 14.7 Å². The number of methoxy groups -OCH3 is 1. The van der Waals surface area contributed by atoms with Crippen molar-refractivity contribution in [2.75, 3.05) is 26.8 Å². The maximum atomic E-state index is 12.1.